The molecule has 0 amide bonds. The monoisotopic (exact) mass is 282 g/mol. The lowest BCUT2D eigenvalue weighted by Gasteiger charge is -2.15. The Kier molecular flexibility index (Phi) is 4.14. The number of nitro groups is 1. The molecule has 0 fully saturated rings. The average Bonchev–Trinajstić information content (AvgIpc) is 2.47. The summed E-state index contributed by atoms with van der Waals surface area (Å²) in [4.78, 5) is 14.4. The van der Waals surface area contributed by atoms with Gasteiger partial charge in [0.1, 0.15) is 12.0 Å². The third-order valence-electron chi connectivity index (χ3n) is 3.18. The van der Waals surface area contributed by atoms with E-state index in [0.29, 0.717) is 16.9 Å². The molecule has 2 rings (SSSR count). The molecule has 0 bridgehead atoms. The number of hydrogen-bond acceptors (Lipinski definition) is 5. The molecular weight excluding hydrogens is 268 g/mol. The number of aromatic nitrogens is 1. The van der Waals surface area contributed by atoms with Crippen molar-refractivity contribution in [3.8, 4) is 6.07 Å². The van der Waals surface area contributed by atoms with E-state index in [9.17, 15) is 10.1 Å². The predicted molar refractivity (Wildman–Crippen MR) is 78.8 cm³/mol. The topological polar surface area (TPSA) is 91.8 Å². The van der Waals surface area contributed by atoms with E-state index < -0.39 is 4.92 Å². The lowest BCUT2D eigenvalue weighted by Crippen LogP contribution is -2.08. The fourth-order valence-corrected chi connectivity index (χ4v) is 1.97. The normalized spacial score (nSPS) is 11.5. The summed E-state index contributed by atoms with van der Waals surface area (Å²) in [7, 11) is 0. The van der Waals surface area contributed by atoms with Crippen molar-refractivity contribution in [2.24, 2.45) is 0 Å². The number of benzene rings is 1. The maximum atomic E-state index is 10.8. The quantitative estimate of drug-likeness (QED) is 0.685. The van der Waals surface area contributed by atoms with Crippen molar-refractivity contribution in [2.75, 3.05) is 5.32 Å². The van der Waals surface area contributed by atoms with Crippen LogP contribution in [0.25, 0.3) is 0 Å². The second kappa shape index (κ2) is 6.01. The molecule has 0 spiro atoms. The number of nitriles is 1. The fraction of sp³-hybridized carbons (Fsp3) is 0.200. The number of aryl methyl sites for hydroxylation is 1. The Morgan fingerprint density at radius 1 is 1.38 bits per heavy atom. The van der Waals surface area contributed by atoms with E-state index in [2.05, 4.69) is 16.4 Å². The molecule has 21 heavy (non-hydrogen) atoms. The first-order valence-corrected chi connectivity index (χ1v) is 6.39. The molecule has 2 aromatic rings. The smallest absolute Gasteiger partial charge is 0.290 e. The Morgan fingerprint density at radius 3 is 2.57 bits per heavy atom. The van der Waals surface area contributed by atoms with Crippen LogP contribution in [0, 0.1) is 28.4 Å². The minimum atomic E-state index is -0.448. The maximum absolute atomic E-state index is 10.8. The SMILES string of the molecule is Cc1cc(NC(C)c2ccc(C#N)cc2)ncc1[N+](=O)[O-]. The van der Waals surface area contributed by atoms with Crippen LogP contribution in [0.3, 0.4) is 0 Å². The standard InChI is InChI=1S/C15H14N4O2/c1-10-7-15(17-9-14(10)19(20)21)18-11(2)13-5-3-12(8-16)4-6-13/h3-7,9,11H,1-2H3,(H,17,18). The molecule has 0 aliphatic heterocycles. The summed E-state index contributed by atoms with van der Waals surface area (Å²) >= 11 is 0. The van der Waals surface area contributed by atoms with E-state index in [1.54, 1.807) is 25.1 Å². The lowest BCUT2D eigenvalue weighted by molar-refractivity contribution is -0.385. The van der Waals surface area contributed by atoms with Crippen LogP contribution in [-0.2, 0) is 0 Å². The Labute approximate surface area is 122 Å². The molecule has 1 aromatic carbocycles. The molecule has 0 aliphatic rings. The summed E-state index contributed by atoms with van der Waals surface area (Å²) in [6, 6.07) is 10.9. The summed E-state index contributed by atoms with van der Waals surface area (Å²) in [5.41, 5.74) is 2.18. The van der Waals surface area contributed by atoms with E-state index >= 15 is 0 Å². The molecule has 6 heteroatoms. The van der Waals surface area contributed by atoms with Gasteiger partial charge in [0.05, 0.1) is 16.6 Å². The molecule has 1 heterocycles. The van der Waals surface area contributed by atoms with Gasteiger partial charge in [-0.05, 0) is 37.6 Å². The van der Waals surface area contributed by atoms with E-state index in [-0.39, 0.29) is 11.7 Å². The van der Waals surface area contributed by atoms with Crippen molar-refractivity contribution in [1.82, 2.24) is 4.98 Å². The van der Waals surface area contributed by atoms with Crippen LogP contribution in [-0.4, -0.2) is 9.91 Å². The van der Waals surface area contributed by atoms with Gasteiger partial charge in [0.25, 0.3) is 5.69 Å². The van der Waals surface area contributed by atoms with Crippen molar-refractivity contribution in [1.29, 1.82) is 5.26 Å². The van der Waals surface area contributed by atoms with Crippen LogP contribution in [0.5, 0.6) is 0 Å². The predicted octanol–water partition coefficient (Wildman–Crippen LogP) is 3.34. The van der Waals surface area contributed by atoms with Gasteiger partial charge in [0.15, 0.2) is 0 Å². The van der Waals surface area contributed by atoms with Crippen LogP contribution in [0.2, 0.25) is 0 Å². The number of rotatable bonds is 4. The third kappa shape index (κ3) is 3.34. The molecule has 1 atom stereocenters. The zero-order valence-electron chi connectivity index (χ0n) is 11.7. The van der Waals surface area contributed by atoms with Crippen molar-refractivity contribution in [3.05, 3.63) is 63.3 Å². The number of pyridine rings is 1. The molecule has 0 saturated carbocycles. The first kappa shape index (κ1) is 14.5. The molecule has 6 nitrogen and oxygen atoms in total. The van der Waals surface area contributed by atoms with Crippen molar-refractivity contribution in [2.45, 2.75) is 19.9 Å². The third-order valence-corrected chi connectivity index (χ3v) is 3.18. The number of hydrogen-bond donors (Lipinski definition) is 1. The van der Waals surface area contributed by atoms with Crippen molar-refractivity contribution in [3.63, 3.8) is 0 Å². The van der Waals surface area contributed by atoms with Crippen molar-refractivity contribution < 1.29 is 4.92 Å². The number of nitrogens with one attached hydrogen (secondary N) is 1. The van der Waals surface area contributed by atoms with Crippen LogP contribution in [0.1, 0.15) is 29.7 Å². The van der Waals surface area contributed by atoms with Gasteiger partial charge in [-0.15, -0.1) is 0 Å². The van der Waals surface area contributed by atoms with Gasteiger partial charge in [-0.25, -0.2) is 4.98 Å². The number of anilines is 1. The zero-order valence-corrected chi connectivity index (χ0v) is 11.7. The highest BCUT2D eigenvalue weighted by Gasteiger charge is 2.13. The summed E-state index contributed by atoms with van der Waals surface area (Å²) in [6.07, 6.45) is 1.25. The second-order valence-electron chi connectivity index (χ2n) is 4.71. The van der Waals surface area contributed by atoms with Gasteiger partial charge in [-0.1, -0.05) is 12.1 Å². The first-order chi connectivity index (χ1) is 10.0. The van der Waals surface area contributed by atoms with Crippen LogP contribution >= 0.6 is 0 Å². The van der Waals surface area contributed by atoms with Gasteiger partial charge in [0.2, 0.25) is 0 Å². The van der Waals surface area contributed by atoms with E-state index in [0.717, 1.165) is 5.56 Å². The van der Waals surface area contributed by atoms with Crippen LogP contribution < -0.4 is 5.32 Å². The largest absolute Gasteiger partial charge is 0.364 e. The highest BCUT2D eigenvalue weighted by Crippen LogP contribution is 2.22. The molecule has 0 radical (unpaired) electrons. The van der Waals surface area contributed by atoms with Gasteiger partial charge >= 0.3 is 0 Å². The zero-order chi connectivity index (χ0) is 15.4. The average molecular weight is 282 g/mol. The van der Waals surface area contributed by atoms with Crippen LogP contribution in [0.4, 0.5) is 11.5 Å². The van der Waals surface area contributed by atoms with Crippen molar-refractivity contribution >= 4 is 11.5 Å². The second-order valence-corrected chi connectivity index (χ2v) is 4.71. The highest BCUT2D eigenvalue weighted by molar-refractivity contribution is 5.48. The molecule has 0 aliphatic carbocycles. The van der Waals surface area contributed by atoms with Crippen LogP contribution in [0.15, 0.2) is 36.5 Å². The Morgan fingerprint density at radius 2 is 2.05 bits per heavy atom. The minimum Gasteiger partial charge on any atom is -0.364 e. The van der Waals surface area contributed by atoms with E-state index in [1.807, 2.05) is 19.1 Å². The first-order valence-electron chi connectivity index (χ1n) is 6.39. The molecule has 1 aromatic heterocycles. The highest BCUT2D eigenvalue weighted by atomic mass is 16.6. The summed E-state index contributed by atoms with van der Waals surface area (Å²) in [5, 5.41) is 22.7. The summed E-state index contributed by atoms with van der Waals surface area (Å²) in [5.74, 6) is 0.579. The molecule has 0 saturated heterocycles. The van der Waals surface area contributed by atoms with Gasteiger partial charge in [-0.3, -0.25) is 10.1 Å². The minimum absolute atomic E-state index is 0.00609. The molecule has 106 valence electrons. The Bertz CT molecular complexity index is 705. The van der Waals surface area contributed by atoms with Gasteiger partial charge in [0, 0.05) is 11.6 Å². The summed E-state index contributed by atoms with van der Waals surface area (Å²) < 4.78 is 0. The van der Waals surface area contributed by atoms with Gasteiger partial charge in [-0.2, -0.15) is 5.26 Å². The van der Waals surface area contributed by atoms with Gasteiger partial charge < -0.3 is 5.32 Å². The fourth-order valence-electron chi connectivity index (χ4n) is 1.97. The van der Waals surface area contributed by atoms with E-state index in [1.165, 1.54) is 6.20 Å². The van der Waals surface area contributed by atoms with E-state index in [4.69, 9.17) is 5.26 Å². The lowest BCUT2D eigenvalue weighted by atomic mass is 10.1. The Balaban J connectivity index is 2.15. The maximum Gasteiger partial charge on any atom is 0.290 e. The molecule has 1 N–H and O–H groups in total. The molecule has 1 unspecified atom stereocenters. The summed E-state index contributed by atoms with van der Waals surface area (Å²) in [6.45, 7) is 3.64. The molecular formula is C15H14N4O2. The number of nitrogens with zero attached hydrogens (tertiary/aromatic N) is 3. The Hall–Kier alpha value is -2.94.